The van der Waals surface area contributed by atoms with Gasteiger partial charge in [0.2, 0.25) is 0 Å². The zero-order chi connectivity index (χ0) is 20.1. The van der Waals surface area contributed by atoms with E-state index in [2.05, 4.69) is 10.6 Å². The average Bonchev–Trinajstić information content (AvgIpc) is 2.68. The molecule has 0 aromatic heterocycles. The van der Waals surface area contributed by atoms with Crippen molar-refractivity contribution < 1.29 is 9.85 Å². The highest BCUT2D eigenvalue weighted by Crippen LogP contribution is 2.30. The van der Waals surface area contributed by atoms with Gasteiger partial charge in [0.1, 0.15) is 0 Å². The molecular weight excluding hydrogens is 380 g/mol. The summed E-state index contributed by atoms with van der Waals surface area (Å²) in [7, 11) is 0. The minimum Gasteiger partial charge on any atom is -0.332 e. The molecule has 28 heavy (non-hydrogen) atoms. The monoisotopic (exact) mass is 394 g/mol. The quantitative estimate of drug-likeness (QED) is 0.357. The van der Waals surface area contributed by atoms with Gasteiger partial charge in [-0.2, -0.15) is 0 Å². The van der Waals surface area contributed by atoms with Gasteiger partial charge in [-0.05, 0) is 42.0 Å². The number of nitro groups is 2. The molecule has 0 aliphatic rings. The molecule has 2 N–H and O–H groups in total. The lowest BCUT2D eigenvalue weighted by Gasteiger charge is -2.11. The molecule has 0 aliphatic heterocycles. The average molecular weight is 394 g/mol. The van der Waals surface area contributed by atoms with Crippen LogP contribution in [0.5, 0.6) is 0 Å². The summed E-state index contributed by atoms with van der Waals surface area (Å²) in [5.41, 5.74) is 2.38. The third-order valence-electron chi connectivity index (χ3n) is 3.87. The van der Waals surface area contributed by atoms with E-state index < -0.39 is 9.85 Å². The van der Waals surface area contributed by atoms with Crippen LogP contribution in [0.25, 0.3) is 11.1 Å². The number of non-ortho nitro benzene ring substituents is 1. The fourth-order valence-electron chi connectivity index (χ4n) is 2.60. The Labute approximate surface area is 165 Å². The molecular formula is C19H14N4O4S. The van der Waals surface area contributed by atoms with Crippen LogP contribution in [0.15, 0.2) is 72.8 Å². The first-order chi connectivity index (χ1) is 13.4. The van der Waals surface area contributed by atoms with Crippen molar-refractivity contribution in [2.45, 2.75) is 0 Å². The Kier molecular flexibility index (Phi) is 5.56. The highest BCUT2D eigenvalue weighted by molar-refractivity contribution is 7.80. The van der Waals surface area contributed by atoms with Gasteiger partial charge in [-0.1, -0.05) is 30.3 Å². The van der Waals surface area contributed by atoms with Gasteiger partial charge in [-0.25, -0.2) is 0 Å². The summed E-state index contributed by atoms with van der Waals surface area (Å²) in [4.78, 5) is 21.1. The van der Waals surface area contributed by atoms with Gasteiger partial charge < -0.3 is 10.6 Å². The topological polar surface area (TPSA) is 110 Å². The van der Waals surface area contributed by atoms with Crippen LogP contribution >= 0.6 is 12.2 Å². The Hall–Kier alpha value is -3.85. The van der Waals surface area contributed by atoms with E-state index in [0.29, 0.717) is 22.5 Å². The molecule has 3 aromatic rings. The maximum Gasteiger partial charge on any atom is 0.277 e. The van der Waals surface area contributed by atoms with E-state index in [9.17, 15) is 20.2 Å². The van der Waals surface area contributed by atoms with Crippen LogP contribution < -0.4 is 10.6 Å². The third-order valence-corrected chi connectivity index (χ3v) is 4.07. The van der Waals surface area contributed by atoms with Crippen LogP contribution in [0, 0.1) is 20.2 Å². The smallest absolute Gasteiger partial charge is 0.277 e. The van der Waals surface area contributed by atoms with Gasteiger partial charge in [-0.3, -0.25) is 20.2 Å². The fraction of sp³-hybridized carbons (Fsp3) is 0. The zero-order valence-corrected chi connectivity index (χ0v) is 15.2. The van der Waals surface area contributed by atoms with Gasteiger partial charge >= 0.3 is 0 Å². The highest BCUT2D eigenvalue weighted by atomic mass is 32.1. The molecule has 0 radical (unpaired) electrons. The van der Waals surface area contributed by atoms with Crippen molar-refractivity contribution in [3.63, 3.8) is 0 Å². The molecule has 8 nitrogen and oxygen atoms in total. The predicted octanol–water partition coefficient (Wildman–Crippen LogP) is 4.98. The van der Waals surface area contributed by atoms with Gasteiger partial charge in [0.25, 0.3) is 11.4 Å². The fourth-order valence-corrected chi connectivity index (χ4v) is 2.84. The van der Waals surface area contributed by atoms with Crippen molar-refractivity contribution in [1.82, 2.24) is 0 Å². The molecule has 0 aliphatic carbocycles. The largest absolute Gasteiger partial charge is 0.332 e. The third kappa shape index (κ3) is 4.46. The van der Waals surface area contributed by atoms with Crippen molar-refractivity contribution in [2.75, 3.05) is 10.6 Å². The molecule has 0 unspecified atom stereocenters. The lowest BCUT2D eigenvalue weighted by Crippen LogP contribution is -2.19. The molecule has 0 heterocycles. The molecule has 0 atom stereocenters. The second-order valence-electron chi connectivity index (χ2n) is 5.74. The molecule has 0 fully saturated rings. The first-order valence-corrected chi connectivity index (χ1v) is 8.51. The number of hydrogen-bond acceptors (Lipinski definition) is 5. The van der Waals surface area contributed by atoms with Gasteiger partial charge in [0.15, 0.2) is 5.11 Å². The molecule has 0 amide bonds. The first-order valence-electron chi connectivity index (χ1n) is 8.10. The number of hydrogen-bond donors (Lipinski definition) is 2. The number of nitrogens with zero attached hydrogens (tertiary/aromatic N) is 2. The van der Waals surface area contributed by atoms with E-state index in [0.717, 1.165) is 0 Å². The van der Waals surface area contributed by atoms with Crippen LogP contribution in [0.4, 0.5) is 22.7 Å². The first kappa shape index (κ1) is 18.9. The second kappa shape index (κ2) is 8.23. The van der Waals surface area contributed by atoms with E-state index >= 15 is 0 Å². The number of para-hydroxylation sites is 1. The lowest BCUT2D eigenvalue weighted by molar-refractivity contribution is -0.384. The molecule has 3 aromatic carbocycles. The number of benzene rings is 3. The minimum atomic E-state index is -0.483. The Morgan fingerprint density at radius 2 is 1.46 bits per heavy atom. The number of rotatable bonds is 5. The zero-order valence-electron chi connectivity index (χ0n) is 14.4. The van der Waals surface area contributed by atoms with E-state index in [1.165, 1.54) is 18.2 Å². The van der Waals surface area contributed by atoms with Crippen LogP contribution in [-0.2, 0) is 0 Å². The summed E-state index contributed by atoms with van der Waals surface area (Å²) in [6, 6.07) is 19.5. The van der Waals surface area contributed by atoms with Crippen LogP contribution in [0.1, 0.15) is 0 Å². The van der Waals surface area contributed by atoms with E-state index in [-0.39, 0.29) is 16.5 Å². The van der Waals surface area contributed by atoms with Crippen molar-refractivity contribution >= 4 is 40.1 Å². The summed E-state index contributed by atoms with van der Waals surface area (Å²) in [5, 5.41) is 28.1. The summed E-state index contributed by atoms with van der Waals surface area (Å²) >= 11 is 5.23. The Morgan fingerprint density at radius 3 is 2.14 bits per heavy atom. The van der Waals surface area contributed by atoms with Crippen LogP contribution in [0.3, 0.4) is 0 Å². The Bertz CT molecular complexity index is 1050. The molecule has 0 saturated heterocycles. The number of nitro benzene ring substituents is 2. The van der Waals surface area contributed by atoms with Crippen LogP contribution in [-0.4, -0.2) is 15.0 Å². The van der Waals surface area contributed by atoms with Crippen LogP contribution in [0.2, 0.25) is 0 Å². The summed E-state index contributed by atoms with van der Waals surface area (Å²) in [6.45, 7) is 0. The molecule has 0 saturated carbocycles. The SMILES string of the molecule is O=[N+]([O-])c1cccc(NC(=S)Nc2ccc(-c3ccccc3[N+](=O)[O-])cc2)c1. The summed E-state index contributed by atoms with van der Waals surface area (Å²) in [5.74, 6) is 0. The molecule has 3 rings (SSSR count). The normalized spacial score (nSPS) is 10.1. The maximum absolute atomic E-state index is 11.2. The second-order valence-corrected chi connectivity index (χ2v) is 6.15. The van der Waals surface area contributed by atoms with Gasteiger partial charge in [0.05, 0.1) is 15.4 Å². The Balaban J connectivity index is 1.71. The maximum atomic E-state index is 11.2. The van der Waals surface area contributed by atoms with E-state index in [1.807, 2.05) is 0 Å². The van der Waals surface area contributed by atoms with Gasteiger partial charge in [0, 0.05) is 29.6 Å². The van der Waals surface area contributed by atoms with Crippen molar-refractivity contribution in [3.05, 3.63) is 93.0 Å². The van der Waals surface area contributed by atoms with Crippen molar-refractivity contribution in [3.8, 4) is 11.1 Å². The lowest BCUT2D eigenvalue weighted by atomic mass is 10.0. The number of nitrogens with one attached hydrogen (secondary N) is 2. The Morgan fingerprint density at radius 1 is 0.786 bits per heavy atom. The van der Waals surface area contributed by atoms with E-state index in [1.54, 1.807) is 54.6 Å². The predicted molar refractivity (Wildman–Crippen MR) is 111 cm³/mol. The molecule has 9 heteroatoms. The summed E-state index contributed by atoms with van der Waals surface area (Å²) in [6.07, 6.45) is 0. The minimum absolute atomic E-state index is 0.0334. The van der Waals surface area contributed by atoms with Crippen molar-refractivity contribution in [1.29, 1.82) is 0 Å². The molecule has 0 spiro atoms. The number of anilines is 2. The van der Waals surface area contributed by atoms with E-state index in [4.69, 9.17) is 12.2 Å². The van der Waals surface area contributed by atoms with Crippen molar-refractivity contribution in [2.24, 2.45) is 0 Å². The van der Waals surface area contributed by atoms with Gasteiger partial charge in [-0.15, -0.1) is 0 Å². The summed E-state index contributed by atoms with van der Waals surface area (Å²) < 4.78 is 0. The molecule has 140 valence electrons. The highest BCUT2D eigenvalue weighted by Gasteiger charge is 2.14. The molecule has 0 bridgehead atoms. The standard InChI is InChI=1S/C19H14N4O4S/c24-22(25)16-5-3-4-15(12-16)21-19(28)20-14-10-8-13(9-11-14)17-6-1-2-7-18(17)23(26)27/h1-12H,(H2,20,21,28). The number of thiocarbonyl (C=S) groups is 1.